The molecule has 0 spiro atoms. The molecule has 0 aromatic heterocycles. The zero-order valence-electron chi connectivity index (χ0n) is 9.28. The number of hydrogen-bond donors (Lipinski definition) is 1. The third kappa shape index (κ3) is 3.06. The van der Waals surface area contributed by atoms with Crippen molar-refractivity contribution in [3.63, 3.8) is 0 Å². The Bertz CT molecular complexity index is 361. The first-order valence-electron chi connectivity index (χ1n) is 5.70. The molecule has 1 aromatic carbocycles. The summed E-state index contributed by atoms with van der Waals surface area (Å²) in [5.74, 6) is 0. The van der Waals surface area contributed by atoms with Gasteiger partial charge in [-0.1, -0.05) is 12.1 Å². The van der Waals surface area contributed by atoms with Gasteiger partial charge in [0.05, 0.1) is 24.3 Å². The van der Waals surface area contributed by atoms with Gasteiger partial charge in [0.1, 0.15) is 0 Å². The third-order valence-corrected chi connectivity index (χ3v) is 2.82. The zero-order valence-corrected chi connectivity index (χ0v) is 9.28. The van der Waals surface area contributed by atoms with Crippen molar-refractivity contribution in [2.45, 2.75) is 25.6 Å². The lowest BCUT2D eigenvalue weighted by Gasteiger charge is -2.23. The minimum absolute atomic E-state index is 0.337. The maximum atomic E-state index is 8.67. The highest BCUT2D eigenvalue weighted by Gasteiger charge is 2.12. The molecule has 1 aliphatic heterocycles. The van der Waals surface area contributed by atoms with Crippen molar-refractivity contribution >= 4 is 0 Å². The van der Waals surface area contributed by atoms with Crippen molar-refractivity contribution in [3.05, 3.63) is 35.4 Å². The molecule has 0 radical (unpaired) electrons. The first-order valence-corrected chi connectivity index (χ1v) is 5.70. The molecule has 0 bridgehead atoms. The lowest BCUT2D eigenvalue weighted by Crippen LogP contribution is -2.35. The van der Waals surface area contributed by atoms with E-state index in [1.807, 2.05) is 24.3 Å². The van der Waals surface area contributed by atoms with Crippen molar-refractivity contribution in [2.75, 3.05) is 13.1 Å². The van der Waals surface area contributed by atoms with Gasteiger partial charge in [0.15, 0.2) is 0 Å². The molecule has 1 aliphatic rings. The summed E-state index contributed by atoms with van der Waals surface area (Å²) in [7, 11) is 0. The highest BCUT2D eigenvalue weighted by molar-refractivity contribution is 5.31. The SMILES string of the molecule is N#Cc1ccc(COC2CCCNC2)cc1. The van der Waals surface area contributed by atoms with Crippen molar-refractivity contribution in [2.24, 2.45) is 0 Å². The Balaban J connectivity index is 1.82. The van der Waals surface area contributed by atoms with Gasteiger partial charge < -0.3 is 10.1 Å². The van der Waals surface area contributed by atoms with E-state index >= 15 is 0 Å². The molecule has 2 rings (SSSR count). The van der Waals surface area contributed by atoms with E-state index in [0.29, 0.717) is 18.3 Å². The van der Waals surface area contributed by atoms with Gasteiger partial charge in [-0.05, 0) is 37.1 Å². The second-order valence-corrected chi connectivity index (χ2v) is 4.09. The van der Waals surface area contributed by atoms with Crippen LogP contribution in [0, 0.1) is 11.3 Å². The number of nitrogens with one attached hydrogen (secondary N) is 1. The van der Waals surface area contributed by atoms with Gasteiger partial charge in [0.25, 0.3) is 0 Å². The lowest BCUT2D eigenvalue weighted by molar-refractivity contribution is 0.0253. The Labute approximate surface area is 96.0 Å². The fourth-order valence-corrected chi connectivity index (χ4v) is 1.85. The van der Waals surface area contributed by atoms with Crippen LogP contribution in [0.4, 0.5) is 0 Å². The molecule has 1 aromatic rings. The summed E-state index contributed by atoms with van der Waals surface area (Å²) < 4.78 is 5.80. The Hall–Kier alpha value is -1.37. The number of hydrogen-bond acceptors (Lipinski definition) is 3. The molecule has 1 unspecified atom stereocenters. The average Bonchev–Trinajstić information content (AvgIpc) is 2.38. The molecular weight excluding hydrogens is 200 g/mol. The van der Waals surface area contributed by atoms with Crippen LogP contribution in [0.15, 0.2) is 24.3 Å². The summed E-state index contributed by atoms with van der Waals surface area (Å²) in [6.07, 6.45) is 2.67. The maximum absolute atomic E-state index is 8.67. The number of nitrogens with zero attached hydrogens (tertiary/aromatic N) is 1. The van der Waals surface area contributed by atoms with E-state index in [1.165, 1.54) is 6.42 Å². The molecule has 3 nitrogen and oxygen atoms in total. The largest absolute Gasteiger partial charge is 0.372 e. The highest BCUT2D eigenvalue weighted by Crippen LogP contribution is 2.10. The second kappa shape index (κ2) is 5.64. The summed E-state index contributed by atoms with van der Waals surface area (Å²) in [5.41, 5.74) is 1.83. The van der Waals surface area contributed by atoms with E-state index in [-0.39, 0.29) is 0 Å². The van der Waals surface area contributed by atoms with E-state index in [4.69, 9.17) is 10.00 Å². The fourth-order valence-electron chi connectivity index (χ4n) is 1.85. The Morgan fingerprint density at radius 2 is 2.19 bits per heavy atom. The van der Waals surface area contributed by atoms with E-state index < -0.39 is 0 Å². The number of ether oxygens (including phenoxy) is 1. The molecule has 0 aliphatic carbocycles. The molecule has 1 atom stereocenters. The smallest absolute Gasteiger partial charge is 0.0991 e. The topological polar surface area (TPSA) is 45.0 Å². The molecule has 0 saturated carbocycles. The molecule has 1 saturated heterocycles. The summed E-state index contributed by atoms with van der Waals surface area (Å²) in [6, 6.07) is 9.68. The van der Waals surface area contributed by atoms with Gasteiger partial charge in [-0.25, -0.2) is 0 Å². The average molecular weight is 216 g/mol. The quantitative estimate of drug-likeness (QED) is 0.838. The predicted molar refractivity (Wildman–Crippen MR) is 61.8 cm³/mol. The molecular formula is C13H16N2O. The lowest BCUT2D eigenvalue weighted by atomic mass is 10.1. The summed E-state index contributed by atoms with van der Waals surface area (Å²) in [4.78, 5) is 0. The monoisotopic (exact) mass is 216 g/mol. The van der Waals surface area contributed by atoms with E-state index in [9.17, 15) is 0 Å². The molecule has 1 fully saturated rings. The van der Waals surface area contributed by atoms with Crippen molar-refractivity contribution in [3.8, 4) is 6.07 Å². The molecule has 84 valence electrons. The Kier molecular flexibility index (Phi) is 3.92. The van der Waals surface area contributed by atoms with Crippen molar-refractivity contribution < 1.29 is 4.74 Å². The molecule has 1 heterocycles. The normalized spacial score (nSPS) is 20.3. The minimum Gasteiger partial charge on any atom is -0.372 e. The van der Waals surface area contributed by atoms with Crippen LogP contribution in [0.3, 0.4) is 0 Å². The van der Waals surface area contributed by atoms with Gasteiger partial charge in [0.2, 0.25) is 0 Å². The Morgan fingerprint density at radius 3 is 2.81 bits per heavy atom. The number of rotatable bonds is 3. The van der Waals surface area contributed by atoms with Crippen LogP contribution in [-0.2, 0) is 11.3 Å². The second-order valence-electron chi connectivity index (χ2n) is 4.09. The standard InChI is InChI=1S/C13H16N2O/c14-8-11-3-5-12(6-4-11)10-16-13-2-1-7-15-9-13/h3-6,13,15H,1-2,7,9-10H2. The number of benzene rings is 1. The van der Waals surface area contributed by atoms with E-state index in [1.54, 1.807) is 0 Å². The van der Waals surface area contributed by atoms with E-state index in [2.05, 4.69) is 11.4 Å². The molecule has 3 heteroatoms. The van der Waals surface area contributed by atoms with Gasteiger partial charge in [-0.15, -0.1) is 0 Å². The van der Waals surface area contributed by atoms with Crippen LogP contribution in [-0.4, -0.2) is 19.2 Å². The highest BCUT2D eigenvalue weighted by atomic mass is 16.5. The maximum Gasteiger partial charge on any atom is 0.0991 e. The first-order chi connectivity index (χ1) is 7.88. The third-order valence-electron chi connectivity index (χ3n) is 2.82. The fraction of sp³-hybridized carbons (Fsp3) is 0.462. The van der Waals surface area contributed by atoms with Gasteiger partial charge in [-0.2, -0.15) is 5.26 Å². The van der Waals surface area contributed by atoms with Crippen LogP contribution in [0.25, 0.3) is 0 Å². The molecule has 16 heavy (non-hydrogen) atoms. The molecule has 1 N–H and O–H groups in total. The van der Waals surface area contributed by atoms with Crippen LogP contribution >= 0.6 is 0 Å². The minimum atomic E-state index is 0.337. The number of piperidine rings is 1. The molecule has 0 amide bonds. The summed E-state index contributed by atoms with van der Waals surface area (Å²) in [6.45, 7) is 2.70. The number of nitriles is 1. The van der Waals surface area contributed by atoms with E-state index in [0.717, 1.165) is 25.1 Å². The van der Waals surface area contributed by atoms with Gasteiger partial charge in [0, 0.05) is 6.54 Å². The summed E-state index contributed by atoms with van der Waals surface area (Å²) >= 11 is 0. The summed E-state index contributed by atoms with van der Waals surface area (Å²) in [5, 5.41) is 12.0. The predicted octanol–water partition coefficient (Wildman–Crippen LogP) is 1.83. The van der Waals surface area contributed by atoms with Crippen molar-refractivity contribution in [1.29, 1.82) is 5.26 Å². The van der Waals surface area contributed by atoms with Crippen molar-refractivity contribution in [1.82, 2.24) is 5.32 Å². The van der Waals surface area contributed by atoms with Crippen LogP contribution < -0.4 is 5.32 Å². The van der Waals surface area contributed by atoms with Gasteiger partial charge >= 0.3 is 0 Å². The van der Waals surface area contributed by atoms with Gasteiger partial charge in [-0.3, -0.25) is 0 Å². The van der Waals surface area contributed by atoms with Crippen LogP contribution in [0.2, 0.25) is 0 Å². The Morgan fingerprint density at radius 1 is 1.38 bits per heavy atom. The van der Waals surface area contributed by atoms with Crippen LogP contribution in [0.5, 0.6) is 0 Å². The van der Waals surface area contributed by atoms with Crippen LogP contribution in [0.1, 0.15) is 24.0 Å². The zero-order chi connectivity index (χ0) is 11.2. The first kappa shape index (κ1) is 11.1.